The van der Waals surface area contributed by atoms with Crippen LogP contribution in [0.4, 0.5) is 0 Å². The summed E-state index contributed by atoms with van der Waals surface area (Å²) in [6.45, 7) is 6.05. The smallest absolute Gasteiger partial charge is 0.210 e. The number of nitrogens with zero attached hydrogens (tertiary/aromatic N) is 1. The second kappa shape index (κ2) is 4.45. The summed E-state index contributed by atoms with van der Waals surface area (Å²) >= 11 is 0. The predicted molar refractivity (Wildman–Crippen MR) is 48.9 cm³/mol. The molecule has 1 heterocycles. The normalized spacial score (nSPS) is 30.3. The van der Waals surface area contributed by atoms with Gasteiger partial charge in [0.2, 0.25) is 6.41 Å². The number of hydrogen-bond acceptors (Lipinski definition) is 2. The van der Waals surface area contributed by atoms with Crippen molar-refractivity contribution in [1.29, 1.82) is 0 Å². The molecule has 1 aliphatic rings. The van der Waals surface area contributed by atoms with Crippen molar-refractivity contribution in [2.45, 2.75) is 38.8 Å². The van der Waals surface area contributed by atoms with Crippen molar-refractivity contribution in [2.75, 3.05) is 13.1 Å². The highest BCUT2D eigenvalue weighted by Gasteiger charge is 2.22. The first-order valence-corrected chi connectivity index (χ1v) is 4.72. The average Bonchev–Trinajstić information content (AvgIpc) is 2.09. The number of piperazine rings is 1. The summed E-state index contributed by atoms with van der Waals surface area (Å²) < 4.78 is 0. The van der Waals surface area contributed by atoms with E-state index in [1.165, 1.54) is 6.42 Å². The number of rotatable bonds is 3. The van der Waals surface area contributed by atoms with Crippen LogP contribution in [0.15, 0.2) is 0 Å². The summed E-state index contributed by atoms with van der Waals surface area (Å²) in [7, 11) is 0. The highest BCUT2D eigenvalue weighted by molar-refractivity contribution is 5.48. The Labute approximate surface area is 74.1 Å². The van der Waals surface area contributed by atoms with Gasteiger partial charge in [0.15, 0.2) is 0 Å². The minimum Gasteiger partial charge on any atom is -0.340 e. The standard InChI is InChI=1S/C9H18N2O/c1-3-4-9-6-11(7-12)8(2)5-10-9/h7-10H,3-6H2,1-2H3/t8-,9+/m0/s1. The molecule has 1 saturated heterocycles. The van der Waals surface area contributed by atoms with E-state index >= 15 is 0 Å². The van der Waals surface area contributed by atoms with Crippen LogP contribution in [0.2, 0.25) is 0 Å². The molecule has 1 amide bonds. The quantitative estimate of drug-likeness (QED) is 0.629. The van der Waals surface area contributed by atoms with Gasteiger partial charge in [-0.05, 0) is 13.3 Å². The molecular formula is C9H18N2O. The van der Waals surface area contributed by atoms with Gasteiger partial charge in [-0.1, -0.05) is 13.3 Å². The van der Waals surface area contributed by atoms with Crippen LogP contribution < -0.4 is 5.32 Å². The second-order valence-electron chi connectivity index (χ2n) is 3.55. The Bertz CT molecular complexity index is 149. The molecule has 1 N–H and O–H groups in total. The summed E-state index contributed by atoms with van der Waals surface area (Å²) in [5.41, 5.74) is 0. The van der Waals surface area contributed by atoms with Gasteiger partial charge in [0, 0.05) is 25.2 Å². The topological polar surface area (TPSA) is 32.3 Å². The van der Waals surface area contributed by atoms with Crippen LogP contribution in [-0.4, -0.2) is 36.5 Å². The van der Waals surface area contributed by atoms with Gasteiger partial charge in [0.1, 0.15) is 0 Å². The largest absolute Gasteiger partial charge is 0.340 e. The molecule has 0 unspecified atom stereocenters. The fraction of sp³-hybridized carbons (Fsp3) is 0.889. The maximum absolute atomic E-state index is 10.6. The van der Waals surface area contributed by atoms with E-state index in [1.807, 2.05) is 4.90 Å². The molecule has 1 fully saturated rings. The third-order valence-corrected chi connectivity index (χ3v) is 2.47. The highest BCUT2D eigenvalue weighted by atomic mass is 16.1. The lowest BCUT2D eigenvalue weighted by molar-refractivity contribution is -0.121. The van der Waals surface area contributed by atoms with Gasteiger partial charge in [-0.25, -0.2) is 0 Å². The van der Waals surface area contributed by atoms with Crippen LogP contribution in [-0.2, 0) is 4.79 Å². The lowest BCUT2D eigenvalue weighted by Gasteiger charge is -2.36. The summed E-state index contributed by atoms with van der Waals surface area (Å²) in [6, 6.07) is 0.868. The summed E-state index contributed by atoms with van der Waals surface area (Å²) in [4.78, 5) is 12.5. The first-order valence-electron chi connectivity index (χ1n) is 4.72. The van der Waals surface area contributed by atoms with E-state index in [2.05, 4.69) is 19.2 Å². The fourth-order valence-electron chi connectivity index (χ4n) is 1.64. The van der Waals surface area contributed by atoms with E-state index in [9.17, 15) is 4.79 Å². The molecule has 1 rings (SSSR count). The van der Waals surface area contributed by atoms with Crippen LogP contribution in [0, 0.1) is 0 Å². The van der Waals surface area contributed by atoms with E-state index < -0.39 is 0 Å². The number of amides is 1. The Morgan fingerprint density at radius 1 is 1.67 bits per heavy atom. The van der Waals surface area contributed by atoms with Gasteiger partial charge in [-0.2, -0.15) is 0 Å². The zero-order valence-electron chi connectivity index (χ0n) is 7.92. The summed E-state index contributed by atoms with van der Waals surface area (Å²) in [6.07, 6.45) is 3.31. The van der Waals surface area contributed by atoms with Gasteiger partial charge in [0.05, 0.1) is 0 Å². The molecule has 3 nitrogen and oxygen atoms in total. The van der Waals surface area contributed by atoms with E-state index in [1.54, 1.807) is 0 Å². The zero-order valence-corrected chi connectivity index (χ0v) is 7.92. The van der Waals surface area contributed by atoms with E-state index in [-0.39, 0.29) is 0 Å². The molecule has 0 saturated carbocycles. The van der Waals surface area contributed by atoms with Crippen LogP contribution in [0.3, 0.4) is 0 Å². The Hall–Kier alpha value is -0.570. The number of hydrogen-bond donors (Lipinski definition) is 1. The Morgan fingerprint density at radius 2 is 2.42 bits per heavy atom. The van der Waals surface area contributed by atoms with E-state index in [4.69, 9.17) is 0 Å². The lowest BCUT2D eigenvalue weighted by Crippen LogP contribution is -2.54. The number of carbonyl (C=O) groups excluding carboxylic acids is 1. The minimum absolute atomic E-state index is 0.357. The molecule has 0 aromatic heterocycles. The molecule has 0 radical (unpaired) electrons. The lowest BCUT2D eigenvalue weighted by atomic mass is 10.1. The Morgan fingerprint density at radius 3 is 3.00 bits per heavy atom. The van der Waals surface area contributed by atoms with Crippen molar-refractivity contribution < 1.29 is 4.79 Å². The first kappa shape index (κ1) is 9.52. The van der Waals surface area contributed by atoms with Crippen molar-refractivity contribution in [3.63, 3.8) is 0 Å². The van der Waals surface area contributed by atoms with Crippen molar-refractivity contribution in [2.24, 2.45) is 0 Å². The molecule has 3 heteroatoms. The molecule has 0 spiro atoms. The zero-order chi connectivity index (χ0) is 8.97. The van der Waals surface area contributed by atoms with Gasteiger partial charge < -0.3 is 10.2 Å². The Balaban J connectivity index is 2.38. The van der Waals surface area contributed by atoms with Crippen molar-refractivity contribution >= 4 is 6.41 Å². The van der Waals surface area contributed by atoms with Crippen molar-refractivity contribution in [1.82, 2.24) is 10.2 Å². The summed E-state index contributed by atoms with van der Waals surface area (Å²) in [5.74, 6) is 0. The van der Waals surface area contributed by atoms with Gasteiger partial charge in [0.25, 0.3) is 0 Å². The van der Waals surface area contributed by atoms with Crippen molar-refractivity contribution in [3.05, 3.63) is 0 Å². The van der Waals surface area contributed by atoms with Gasteiger partial charge in [-0.3, -0.25) is 4.79 Å². The molecule has 0 bridgehead atoms. The molecule has 2 atom stereocenters. The maximum atomic E-state index is 10.6. The third-order valence-electron chi connectivity index (χ3n) is 2.47. The number of carbonyl (C=O) groups is 1. The van der Waals surface area contributed by atoms with Crippen LogP contribution in [0.25, 0.3) is 0 Å². The predicted octanol–water partition coefficient (Wildman–Crippen LogP) is 0.605. The molecule has 0 aromatic carbocycles. The van der Waals surface area contributed by atoms with Crippen LogP contribution in [0.1, 0.15) is 26.7 Å². The molecule has 0 aromatic rings. The molecule has 0 aliphatic carbocycles. The second-order valence-corrected chi connectivity index (χ2v) is 3.55. The monoisotopic (exact) mass is 170 g/mol. The minimum atomic E-state index is 0.357. The van der Waals surface area contributed by atoms with Gasteiger partial charge in [-0.15, -0.1) is 0 Å². The van der Waals surface area contributed by atoms with E-state index in [0.717, 1.165) is 25.9 Å². The highest BCUT2D eigenvalue weighted by Crippen LogP contribution is 2.07. The van der Waals surface area contributed by atoms with Crippen LogP contribution in [0.5, 0.6) is 0 Å². The molecule has 1 aliphatic heterocycles. The SMILES string of the molecule is CCC[C@@H]1CN(C=O)[C@@H](C)CN1. The third kappa shape index (κ3) is 2.21. The van der Waals surface area contributed by atoms with Crippen molar-refractivity contribution in [3.8, 4) is 0 Å². The molecule has 12 heavy (non-hydrogen) atoms. The van der Waals surface area contributed by atoms with E-state index in [0.29, 0.717) is 12.1 Å². The van der Waals surface area contributed by atoms with Gasteiger partial charge >= 0.3 is 0 Å². The first-order chi connectivity index (χ1) is 5.77. The van der Waals surface area contributed by atoms with Crippen LogP contribution >= 0.6 is 0 Å². The Kier molecular flexibility index (Phi) is 3.53. The fourth-order valence-corrected chi connectivity index (χ4v) is 1.64. The summed E-state index contributed by atoms with van der Waals surface area (Å²) in [5, 5.41) is 3.43. The number of nitrogens with one attached hydrogen (secondary N) is 1. The maximum Gasteiger partial charge on any atom is 0.210 e. The average molecular weight is 170 g/mol. The molecule has 70 valence electrons. The molecular weight excluding hydrogens is 152 g/mol.